The first-order valence-corrected chi connectivity index (χ1v) is 10.9. The second kappa shape index (κ2) is 10.2. The minimum absolute atomic E-state index is 0.271. The van der Waals surface area contributed by atoms with Crippen molar-refractivity contribution in [2.24, 2.45) is 5.92 Å². The summed E-state index contributed by atoms with van der Waals surface area (Å²) in [6.45, 7) is 11.8. The summed E-state index contributed by atoms with van der Waals surface area (Å²) in [5, 5.41) is 11.2. The quantitative estimate of drug-likeness (QED) is 0.501. The largest absolute Gasteiger partial charge is 0.494 e. The van der Waals surface area contributed by atoms with Crippen molar-refractivity contribution in [3.8, 4) is 5.75 Å². The minimum Gasteiger partial charge on any atom is -0.494 e. The molecule has 0 radical (unpaired) electrons. The smallest absolute Gasteiger partial charge is 0.278 e. The number of aromatic nitrogens is 3. The van der Waals surface area contributed by atoms with Gasteiger partial charge in [-0.25, -0.2) is 4.68 Å². The number of anilines is 1. The number of nitrogens with one attached hydrogen (secondary N) is 1. The van der Waals surface area contributed by atoms with Crippen LogP contribution in [0.5, 0.6) is 5.75 Å². The van der Waals surface area contributed by atoms with E-state index in [-0.39, 0.29) is 5.91 Å². The molecule has 0 unspecified atom stereocenters. The van der Waals surface area contributed by atoms with Crippen molar-refractivity contribution in [2.75, 3.05) is 11.9 Å². The number of rotatable bonds is 9. The van der Waals surface area contributed by atoms with E-state index in [2.05, 4.69) is 67.6 Å². The van der Waals surface area contributed by atoms with E-state index in [1.807, 2.05) is 31.2 Å². The fourth-order valence-corrected chi connectivity index (χ4v) is 3.14. The first kappa shape index (κ1) is 22.5. The molecule has 0 spiro atoms. The Labute approximate surface area is 184 Å². The maximum absolute atomic E-state index is 12.7. The fraction of sp³-hybridized carbons (Fsp3) is 0.400. The van der Waals surface area contributed by atoms with Crippen LogP contribution in [0.15, 0.2) is 48.5 Å². The highest BCUT2D eigenvalue weighted by molar-refractivity contribution is 6.03. The molecule has 0 saturated carbocycles. The van der Waals surface area contributed by atoms with Crippen LogP contribution < -0.4 is 10.1 Å². The molecule has 0 aliphatic carbocycles. The number of ether oxygens (including phenoxy) is 1. The topological polar surface area (TPSA) is 69.0 Å². The number of nitrogens with zero attached hydrogens (tertiary/aromatic N) is 3. The van der Waals surface area contributed by atoms with Gasteiger partial charge in [-0.2, -0.15) is 0 Å². The van der Waals surface area contributed by atoms with Crippen molar-refractivity contribution >= 4 is 11.6 Å². The van der Waals surface area contributed by atoms with Gasteiger partial charge in [-0.05, 0) is 60.6 Å². The summed E-state index contributed by atoms with van der Waals surface area (Å²) in [4.78, 5) is 12.7. The summed E-state index contributed by atoms with van der Waals surface area (Å²) in [5.74, 6) is 1.63. The van der Waals surface area contributed by atoms with Gasteiger partial charge in [0.2, 0.25) is 0 Å². The molecule has 1 N–H and O–H groups in total. The van der Waals surface area contributed by atoms with Crippen LogP contribution in [0.2, 0.25) is 0 Å². The SMILES string of the molecule is Cc1c(C(=O)Nc2ccc(OCCC(C)C)cc2)nnn1Cc1ccc(C(C)C)cc1. The van der Waals surface area contributed by atoms with Gasteiger partial charge in [-0.1, -0.05) is 57.2 Å². The number of hydrogen-bond donors (Lipinski definition) is 1. The molecule has 31 heavy (non-hydrogen) atoms. The van der Waals surface area contributed by atoms with Crippen molar-refractivity contribution in [3.63, 3.8) is 0 Å². The van der Waals surface area contributed by atoms with E-state index in [1.165, 1.54) is 5.56 Å². The lowest BCUT2D eigenvalue weighted by Gasteiger charge is -2.09. The molecule has 0 aliphatic heterocycles. The lowest BCUT2D eigenvalue weighted by atomic mass is 10.0. The van der Waals surface area contributed by atoms with Crippen LogP contribution in [-0.4, -0.2) is 27.5 Å². The summed E-state index contributed by atoms with van der Waals surface area (Å²) in [5.41, 5.74) is 4.18. The summed E-state index contributed by atoms with van der Waals surface area (Å²) in [6, 6.07) is 15.9. The van der Waals surface area contributed by atoms with Gasteiger partial charge in [0.25, 0.3) is 5.91 Å². The van der Waals surface area contributed by atoms with Crippen molar-refractivity contribution in [3.05, 3.63) is 71.0 Å². The van der Waals surface area contributed by atoms with E-state index in [4.69, 9.17) is 4.74 Å². The lowest BCUT2D eigenvalue weighted by Crippen LogP contribution is -2.14. The minimum atomic E-state index is -0.271. The van der Waals surface area contributed by atoms with Gasteiger partial charge >= 0.3 is 0 Å². The molecule has 1 amide bonds. The second-order valence-corrected chi connectivity index (χ2v) is 8.59. The van der Waals surface area contributed by atoms with E-state index >= 15 is 0 Å². The van der Waals surface area contributed by atoms with Gasteiger partial charge < -0.3 is 10.1 Å². The van der Waals surface area contributed by atoms with Crippen molar-refractivity contribution in [2.45, 2.75) is 53.5 Å². The monoisotopic (exact) mass is 420 g/mol. The van der Waals surface area contributed by atoms with Gasteiger partial charge in [0.15, 0.2) is 5.69 Å². The Kier molecular flexibility index (Phi) is 7.45. The molecule has 3 aromatic rings. The molecular weight excluding hydrogens is 388 g/mol. The zero-order valence-corrected chi connectivity index (χ0v) is 19.1. The van der Waals surface area contributed by atoms with Gasteiger partial charge in [-0.15, -0.1) is 5.10 Å². The zero-order valence-electron chi connectivity index (χ0n) is 19.1. The molecule has 6 nitrogen and oxygen atoms in total. The highest BCUT2D eigenvalue weighted by atomic mass is 16.5. The Hall–Kier alpha value is -3.15. The highest BCUT2D eigenvalue weighted by Crippen LogP contribution is 2.18. The third-order valence-corrected chi connectivity index (χ3v) is 5.25. The predicted molar refractivity (Wildman–Crippen MR) is 124 cm³/mol. The summed E-state index contributed by atoms with van der Waals surface area (Å²) in [6.07, 6.45) is 1.01. The van der Waals surface area contributed by atoms with Gasteiger partial charge in [0, 0.05) is 5.69 Å². The normalized spacial score (nSPS) is 11.2. The Morgan fingerprint density at radius 2 is 1.71 bits per heavy atom. The second-order valence-electron chi connectivity index (χ2n) is 8.59. The Morgan fingerprint density at radius 1 is 1.03 bits per heavy atom. The van der Waals surface area contributed by atoms with Gasteiger partial charge in [0.05, 0.1) is 18.8 Å². The third-order valence-electron chi connectivity index (χ3n) is 5.25. The van der Waals surface area contributed by atoms with Gasteiger partial charge in [-0.3, -0.25) is 4.79 Å². The number of carbonyl (C=O) groups excluding carboxylic acids is 1. The Balaban J connectivity index is 1.60. The van der Waals surface area contributed by atoms with Crippen LogP contribution >= 0.6 is 0 Å². The predicted octanol–water partition coefficient (Wildman–Crippen LogP) is 5.44. The maximum Gasteiger partial charge on any atom is 0.278 e. The van der Waals surface area contributed by atoms with Crippen molar-refractivity contribution < 1.29 is 9.53 Å². The van der Waals surface area contributed by atoms with Crippen LogP contribution in [0.1, 0.15) is 67.3 Å². The molecule has 164 valence electrons. The number of benzene rings is 2. The number of carbonyl (C=O) groups is 1. The first-order chi connectivity index (χ1) is 14.8. The molecule has 1 heterocycles. The van der Waals surface area contributed by atoms with E-state index in [0.717, 1.165) is 23.4 Å². The average Bonchev–Trinajstić information content (AvgIpc) is 3.10. The summed E-state index contributed by atoms with van der Waals surface area (Å²) < 4.78 is 7.48. The van der Waals surface area contributed by atoms with Gasteiger partial charge in [0.1, 0.15) is 5.75 Å². The van der Waals surface area contributed by atoms with E-state index in [1.54, 1.807) is 4.68 Å². The molecule has 0 saturated heterocycles. The van der Waals surface area contributed by atoms with E-state index in [9.17, 15) is 4.79 Å². The van der Waals surface area contributed by atoms with Crippen LogP contribution in [0.25, 0.3) is 0 Å². The molecule has 0 bridgehead atoms. The zero-order chi connectivity index (χ0) is 22.4. The molecular formula is C25H32N4O2. The number of amides is 1. The van der Waals surface area contributed by atoms with E-state index < -0.39 is 0 Å². The van der Waals surface area contributed by atoms with E-state index in [0.29, 0.717) is 36.4 Å². The fourth-order valence-electron chi connectivity index (χ4n) is 3.14. The van der Waals surface area contributed by atoms with Crippen LogP contribution in [-0.2, 0) is 6.54 Å². The molecule has 1 aromatic heterocycles. The Bertz CT molecular complexity index is 989. The maximum atomic E-state index is 12.7. The molecule has 0 atom stereocenters. The highest BCUT2D eigenvalue weighted by Gasteiger charge is 2.17. The van der Waals surface area contributed by atoms with Crippen LogP contribution in [0.3, 0.4) is 0 Å². The first-order valence-electron chi connectivity index (χ1n) is 10.9. The summed E-state index contributed by atoms with van der Waals surface area (Å²) >= 11 is 0. The van der Waals surface area contributed by atoms with Crippen LogP contribution in [0, 0.1) is 12.8 Å². The summed E-state index contributed by atoms with van der Waals surface area (Å²) in [7, 11) is 0. The molecule has 0 aliphatic rings. The third kappa shape index (κ3) is 6.17. The Morgan fingerprint density at radius 3 is 2.32 bits per heavy atom. The number of hydrogen-bond acceptors (Lipinski definition) is 4. The standard InChI is InChI=1S/C25H32N4O2/c1-17(2)14-15-31-23-12-10-22(11-13-23)26-25(30)24-19(5)29(28-27-24)16-20-6-8-21(9-7-20)18(3)4/h6-13,17-18H,14-16H2,1-5H3,(H,26,30). The van der Waals surface area contributed by atoms with Crippen molar-refractivity contribution in [1.29, 1.82) is 0 Å². The lowest BCUT2D eigenvalue weighted by molar-refractivity contribution is 0.102. The molecule has 2 aromatic carbocycles. The van der Waals surface area contributed by atoms with Crippen LogP contribution in [0.4, 0.5) is 5.69 Å². The molecule has 0 fully saturated rings. The molecule has 3 rings (SSSR count). The average molecular weight is 421 g/mol. The molecule has 6 heteroatoms. The van der Waals surface area contributed by atoms with Crippen molar-refractivity contribution in [1.82, 2.24) is 15.0 Å².